The third kappa shape index (κ3) is 8.66. The fraction of sp³-hybridized carbons (Fsp3) is 0.310. The van der Waals surface area contributed by atoms with Crippen LogP contribution in [-0.4, -0.2) is 36.5 Å². The molecule has 0 aliphatic rings. The van der Waals surface area contributed by atoms with Gasteiger partial charge in [-0.2, -0.15) is 13.2 Å². The maximum Gasteiger partial charge on any atom is 0.416 e. The second kappa shape index (κ2) is 13.5. The Labute approximate surface area is 215 Å². The highest BCUT2D eigenvalue weighted by molar-refractivity contribution is 5.89. The zero-order valence-corrected chi connectivity index (χ0v) is 20.8. The number of nitrogens with one attached hydrogen (secondary N) is 2. The number of halogens is 3. The summed E-state index contributed by atoms with van der Waals surface area (Å²) in [6.45, 7) is 3.02. The van der Waals surface area contributed by atoms with Gasteiger partial charge in [-0.15, -0.1) is 0 Å². The van der Waals surface area contributed by atoms with Crippen LogP contribution >= 0.6 is 0 Å². The van der Waals surface area contributed by atoms with Crippen molar-refractivity contribution in [1.29, 1.82) is 0 Å². The van der Waals surface area contributed by atoms with E-state index in [1.54, 1.807) is 0 Å². The lowest BCUT2D eigenvalue weighted by Crippen LogP contribution is -2.38. The quantitative estimate of drug-likeness (QED) is 0.302. The zero-order chi connectivity index (χ0) is 26.7. The molecule has 0 aliphatic heterocycles. The number of urea groups is 1. The highest BCUT2D eigenvalue weighted by Crippen LogP contribution is 2.30. The molecule has 0 aliphatic carbocycles. The van der Waals surface area contributed by atoms with Gasteiger partial charge in [-0.05, 0) is 48.2 Å². The Balaban J connectivity index is 1.51. The predicted octanol–water partition coefficient (Wildman–Crippen LogP) is 6.68. The second-order valence-electron chi connectivity index (χ2n) is 8.75. The molecule has 0 bridgehead atoms. The number of hydrogen-bond acceptors (Lipinski definition) is 2. The van der Waals surface area contributed by atoms with Crippen LogP contribution in [0.5, 0.6) is 0 Å². The molecular formula is C29H32F3N3O2. The van der Waals surface area contributed by atoms with E-state index in [0.717, 1.165) is 18.6 Å². The number of carbonyl (C=O) groups is 2. The van der Waals surface area contributed by atoms with Crippen molar-refractivity contribution in [2.75, 3.05) is 25.0 Å². The molecule has 0 heterocycles. The van der Waals surface area contributed by atoms with Gasteiger partial charge in [0.1, 0.15) is 0 Å². The molecule has 8 heteroatoms. The van der Waals surface area contributed by atoms with Crippen LogP contribution in [0.2, 0.25) is 0 Å². The summed E-state index contributed by atoms with van der Waals surface area (Å²) >= 11 is 0. The Morgan fingerprint density at radius 3 is 1.92 bits per heavy atom. The molecule has 3 aromatic carbocycles. The number of benzene rings is 3. The normalized spacial score (nSPS) is 11.3. The van der Waals surface area contributed by atoms with Crippen LogP contribution in [0.4, 0.5) is 23.7 Å². The van der Waals surface area contributed by atoms with E-state index >= 15 is 0 Å². The Bertz CT molecular complexity index is 1080. The minimum absolute atomic E-state index is 0.127. The van der Waals surface area contributed by atoms with Crippen molar-refractivity contribution in [2.45, 2.75) is 38.3 Å². The van der Waals surface area contributed by atoms with Crippen LogP contribution in [0.1, 0.15) is 48.8 Å². The Morgan fingerprint density at radius 1 is 0.838 bits per heavy atom. The number of anilines is 1. The summed E-state index contributed by atoms with van der Waals surface area (Å²) in [5.41, 5.74) is 1.83. The van der Waals surface area contributed by atoms with Gasteiger partial charge in [-0.25, -0.2) is 4.79 Å². The van der Waals surface area contributed by atoms with E-state index in [0.29, 0.717) is 19.5 Å². The first-order valence-corrected chi connectivity index (χ1v) is 12.4. The molecule has 0 saturated heterocycles. The average Bonchev–Trinajstić information content (AvgIpc) is 2.90. The SMILES string of the molecule is CCCN(CCC(=O)NCCC(c1ccccc1)c1ccccc1)C(=O)Nc1ccc(C(F)(F)F)cc1. The van der Waals surface area contributed by atoms with Crippen LogP contribution < -0.4 is 10.6 Å². The lowest BCUT2D eigenvalue weighted by atomic mass is 9.88. The minimum Gasteiger partial charge on any atom is -0.356 e. The van der Waals surface area contributed by atoms with E-state index in [-0.39, 0.29) is 30.5 Å². The lowest BCUT2D eigenvalue weighted by Gasteiger charge is -2.23. The van der Waals surface area contributed by atoms with E-state index in [2.05, 4.69) is 34.9 Å². The Kier molecular flexibility index (Phi) is 10.1. The number of amides is 3. The zero-order valence-electron chi connectivity index (χ0n) is 20.8. The van der Waals surface area contributed by atoms with Gasteiger partial charge in [0, 0.05) is 37.7 Å². The van der Waals surface area contributed by atoms with Crippen molar-refractivity contribution >= 4 is 17.6 Å². The van der Waals surface area contributed by atoms with Gasteiger partial charge in [-0.3, -0.25) is 4.79 Å². The van der Waals surface area contributed by atoms with E-state index in [4.69, 9.17) is 0 Å². The summed E-state index contributed by atoms with van der Waals surface area (Å²) in [5, 5.41) is 5.57. The molecule has 0 radical (unpaired) electrons. The number of alkyl halides is 3. The van der Waals surface area contributed by atoms with Gasteiger partial charge in [0.15, 0.2) is 0 Å². The highest BCUT2D eigenvalue weighted by atomic mass is 19.4. The summed E-state index contributed by atoms with van der Waals surface area (Å²) < 4.78 is 38.3. The minimum atomic E-state index is -4.44. The van der Waals surface area contributed by atoms with Crippen LogP contribution in [0.15, 0.2) is 84.9 Å². The predicted molar refractivity (Wildman–Crippen MR) is 139 cm³/mol. The summed E-state index contributed by atoms with van der Waals surface area (Å²) in [5.74, 6) is -0.0166. The summed E-state index contributed by atoms with van der Waals surface area (Å²) in [7, 11) is 0. The highest BCUT2D eigenvalue weighted by Gasteiger charge is 2.30. The van der Waals surface area contributed by atoms with Crippen LogP contribution in [0.3, 0.4) is 0 Å². The maximum atomic E-state index is 12.8. The first-order chi connectivity index (χ1) is 17.8. The second-order valence-corrected chi connectivity index (χ2v) is 8.75. The Hall–Kier alpha value is -3.81. The van der Waals surface area contributed by atoms with Gasteiger partial charge >= 0.3 is 12.2 Å². The molecule has 0 unspecified atom stereocenters. The molecule has 3 rings (SSSR count). The third-order valence-corrected chi connectivity index (χ3v) is 6.01. The number of carbonyl (C=O) groups excluding carboxylic acids is 2. The van der Waals surface area contributed by atoms with Crippen LogP contribution in [0, 0.1) is 0 Å². The summed E-state index contributed by atoms with van der Waals surface area (Å²) in [4.78, 5) is 26.7. The summed E-state index contributed by atoms with van der Waals surface area (Å²) in [6, 6.07) is 24.1. The van der Waals surface area contributed by atoms with E-state index in [1.165, 1.54) is 28.2 Å². The molecule has 2 N–H and O–H groups in total. The topological polar surface area (TPSA) is 61.4 Å². The van der Waals surface area contributed by atoms with Gasteiger partial charge in [0.05, 0.1) is 5.56 Å². The fourth-order valence-corrected chi connectivity index (χ4v) is 4.11. The first-order valence-electron chi connectivity index (χ1n) is 12.4. The fourth-order valence-electron chi connectivity index (χ4n) is 4.11. The van der Waals surface area contributed by atoms with Crippen molar-refractivity contribution in [1.82, 2.24) is 10.2 Å². The van der Waals surface area contributed by atoms with E-state index in [1.807, 2.05) is 43.3 Å². The molecule has 37 heavy (non-hydrogen) atoms. The van der Waals surface area contributed by atoms with Gasteiger partial charge < -0.3 is 15.5 Å². The number of rotatable bonds is 11. The van der Waals surface area contributed by atoms with E-state index < -0.39 is 17.8 Å². The standard InChI is InChI=1S/C29H32F3N3O2/c1-2-20-35(28(37)34-25-15-13-24(14-16-25)29(30,31)32)21-18-27(36)33-19-17-26(22-9-5-3-6-10-22)23-11-7-4-8-12-23/h3-16,26H,2,17-21H2,1H3,(H,33,36)(H,34,37). The van der Waals surface area contributed by atoms with Crippen LogP contribution in [-0.2, 0) is 11.0 Å². The monoisotopic (exact) mass is 511 g/mol. The largest absolute Gasteiger partial charge is 0.416 e. The molecular weight excluding hydrogens is 479 g/mol. The molecule has 0 aromatic heterocycles. The molecule has 0 spiro atoms. The van der Waals surface area contributed by atoms with Crippen molar-refractivity contribution in [2.24, 2.45) is 0 Å². The van der Waals surface area contributed by atoms with Crippen molar-refractivity contribution in [3.05, 3.63) is 102 Å². The molecule has 0 atom stereocenters. The third-order valence-electron chi connectivity index (χ3n) is 6.01. The molecule has 0 saturated carbocycles. The summed E-state index contributed by atoms with van der Waals surface area (Å²) in [6.07, 6.45) is -2.90. The van der Waals surface area contributed by atoms with Crippen molar-refractivity contribution in [3.8, 4) is 0 Å². The molecule has 196 valence electrons. The molecule has 5 nitrogen and oxygen atoms in total. The smallest absolute Gasteiger partial charge is 0.356 e. The Morgan fingerprint density at radius 2 is 1.41 bits per heavy atom. The molecule has 3 amide bonds. The van der Waals surface area contributed by atoms with Gasteiger partial charge in [-0.1, -0.05) is 67.6 Å². The van der Waals surface area contributed by atoms with Crippen molar-refractivity contribution in [3.63, 3.8) is 0 Å². The average molecular weight is 512 g/mol. The van der Waals surface area contributed by atoms with Crippen molar-refractivity contribution < 1.29 is 22.8 Å². The maximum absolute atomic E-state index is 12.8. The number of nitrogens with zero attached hydrogens (tertiary/aromatic N) is 1. The van der Waals surface area contributed by atoms with E-state index in [9.17, 15) is 22.8 Å². The number of hydrogen-bond donors (Lipinski definition) is 2. The van der Waals surface area contributed by atoms with Crippen LogP contribution in [0.25, 0.3) is 0 Å². The van der Waals surface area contributed by atoms with Gasteiger partial charge in [0.25, 0.3) is 0 Å². The van der Waals surface area contributed by atoms with Gasteiger partial charge in [0.2, 0.25) is 5.91 Å². The molecule has 0 fully saturated rings. The first kappa shape index (κ1) is 27.8. The molecule has 3 aromatic rings. The lowest BCUT2D eigenvalue weighted by molar-refractivity contribution is -0.137.